The van der Waals surface area contributed by atoms with Crippen molar-refractivity contribution in [2.24, 2.45) is 11.8 Å². The summed E-state index contributed by atoms with van der Waals surface area (Å²) in [7, 11) is 0. The fourth-order valence-corrected chi connectivity index (χ4v) is 1.55. The van der Waals surface area contributed by atoms with E-state index in [0.717, 1.165) is 11.8 Å². The maximum absolute atomic E-state index is 3.36. The van der Waals surface area contributed by atoms with Gasteiger partial charge in [-0.2, -0.15) is 0 Å². The quantitative estimate of drug-likeness (QED) is 0.588. The van der Waals surface area contributed by atoms with Crippen LogP contribution in [0.1, 0.15) is 13.8 Å². The predicted octanol–water partition coefficient (Wildman–Crippen LogP) is 2.13. The van der Waals surface area contributed by atoms with E-state index in [9.17, 15) is 0 Å². The lowest BCUT2D eigenvalue weighted by molar-refractivity contribution is 0.595. The highest BCUT2D eigenvalue weighted by molar-refractivity contribution is 5.16. The van der Waals surface area contributed by atoms with Crippen LogP contribution in [0.4, 0.5) is 4.70 Å². The molecule has 2 rings (SSSR count). The predicted molar refractivity (Wildman–Crippen MR) is 52.0 cm³/mol. The van der Waals surface area contributed by atoms with Crippen molar-refractivity contribution in [3.05, 3.63) is 24.3 Å². The molecule has 1 aliphatic carbocycles. The third-order valence-corrected chi connectivity index (χ3v) is 2.14. The van der Waals surface area contributed by atoms with Gasteiger partial charge in [-0.1, -0.05) is 38.2 Å². The lowest BCUT2D eigenvalue weighted by Crippen LogP contribution is -2.08. The zero-order valence-corrected chi connectivity index (χ0v) is 7.79. The van der Waals surface area contributed by atoms with E-state index < -0.39 is 0 Å². The van der Waals surface area contributed by atoms with Crippen LogP contribution in [0.2, 0.25) is 0 Å². The van der Waals surface area contributed by atoms with E-state index >= 15 is 0 Å². The van der Waals surface area contributed by atoms with Gasteiger partial charge in [-0.15, -0.1) is 0 Å². The van der Waals surface area contributed by atoms with Gasteiger partial charge in [-0.05, 0) is 11.8 Å². The van der Waals surface area contributed by atoms with Crippen molar-refractivity contribution < 1.29 is 4.70 Å². The van der Waals surface area contributed by atoms with Gasteiger partial charge < -0.3 is 5.32 Å². The fourth-order valence-electron chi connectivity index (χ4n) is 1.55. The second-order valence-corrected chi connectivity index (χ2v) is 2.76. The zero-order valence-electron chi connectivity index (χ0n) is 7.79. The lowest BCUT2D eigenvalue weighted by atomic mass is 9.92. The third-order valence-electron chi connectivity index (χ3n) is 2.14. The maximum atomic E-state index is 3.36. The Labute approximate surface area is 73.9 Å². The van der Waals surface area contributed by atoms with Gasteiger partial charge in [0, 0.05) is 13.1 Å². The average molecular weight is 171 g/mol. The monoisotopic (exact) mass is 171 g/mol. The molecule has 2 aliphatic rings. The number of halogens is 1. The van der Waals surface area contributed by atoms with Crippen LogP contribution < -0.4 is 5.32 Å². The first kappa shape index (κ1) is 11.4. The Kier molecular flexibility index (Phi) is 5.64. The average Bonchev–Trinajstić information content (AvgIpc) is 2.55. The molecule has 1 saturated heterocycles. The molecule has 0 aromatic carbocycles. The molecule has 0 bridgehead atoms. The molecule has 0 spiro atoms. The summed E-state index contributed by atoms with van der Waals surface area (Å²) in [6, 6.07) is 0. The molecule has 2 unspecified atom stereocenters. The number of rotatable bonds is 0. The Hall–Kier alpha value is -0.630. The van der Waals surface area contributed by atoms with Crippen LogP contribution in [-0.2, 0) is 0 Å². The molecule has 0 radical (unpaired) electrons. The zero-order chi connectivity index (χ0) is 8.10. The van der Waals surface area contributed by atoms with Crippen molar-refractivity contribution in [2.75, 3.05) is 13.1 Å². The Morgan fingerprint density at radius 3 is 1.83 bits per heavy atom. The van der Waals surface area contributed by atoms with Crippen LogP contribution in [-0.4, -0.2) is 13.1 Å². The van der Waals surface area contributed by atoms with E-state index in [4.69, 9.17) is 0 Å². The van der Waals surface area contributed by atoms with Gasteiger partial charge in [0.25, 0.3) is 0 Å². The molecule has 1 nitrogen and oxygen atoms in total. The van der Waals surface area contributed by atoms with Gasteiger partial charge in [0.1, 0.15) is 0 Å². The highest BCUT2D eigenvalue weighted by Gasteiger charge is 2.22. The molecule has 0 aromatic rings. The molecular formula is C10H18FN. The van der Waals surface area contributed by atoms with Gasteiger partial charge in [-0.3, -0.25) is 4.70 Å². The van der Waals surface area contributed by atoms with Crippen LogP contribution >= 0.6 is 0 Å². The summed E-state index contributed by atoms with van der Waals surface area (Å²) >= 11 is 0. The maximum Gasteiger partial charge on any atom is 0.00207 e. The van der Waals surface area contributed by atoms with E-state index in [1.54, 1.807) is 0 Å². The van der Waals surface area contributed by atoms with Gasteiger partial charge in [-0.25, -0.2) is 0 Å². The Morgan fingerprint density at radius 1 is 1.00 bits per heavy atom. The summed E-state index contributed by atoms with van der Waals surface area (Å²) in [6.45, 7) is 6.34. The molecule has 0 amide bonds. The third kappa shape index (κ3) is 2.45. The van der Waals surface area contributed by atoms with Gasteiger partial charge in [0.15, 0.2) is 0 Å². The Balaban J connectivity index is 0.000000378. The Morgan fingerprint density at radius 2 is 1.42 bits per heavy atom. The van der Waals surface area contributed by atoms with E-state index in [-0.39, 0.29) is 4.70 Å². The van der Waals surface area contributed by atoms with Crippen molar-refractivity contribution >= 4 is 0 Å². The molecule has 1 N–H and O–H groups in total. The molecule has 2 atom stereocenters. The first-order valence-electron chi connectivity index (χ1n) is 4.52. The Bertz CT molecular complexity index is 145. The van der Waals surface area contributed by atoms with Gasteiger partial charge in [0.2, 0.25) is 0 Å². The summed E-state index contributed by atoms with van der Waals surface area (Å²) in [6.07, 6.45) is 8.89. The molecule has 12 heavy (non-hydrogen) atoms. The normalized spacial score (nSPS) is 29.8. The molecule has 1 fully saturated rings. The van der Waals surface area contributed by atoms with Crippen LogP contribution in [0.3, 0.4) is 0 Å². The van der Waals surface area contributed by atoms with Crippen LogP contribution in [0.15, 0.2) is 24.3 Å². The van der Waals surface area contributed by atoms with Crippen LogP contribution in [0, 0.1) is 11.8 Å². The molecule has 0 saturated carbocycles. The summed E-state index contributed by atoms with van der Waals surface area (Å²) < 4.78 is 0. The lowest BCUT2D eigenvalue weighted by Gasteiger charge is -2.11. The second kappa shape index (κ2) is 5.95. The first-order valence-corrected chi connectivity index (χ1v) is 4.52. The molecule has 2 heteroatoms. The van der Waals surface area contributed by atoms with Gasteiger partial charge in [0.05, 0.1) is 0 Å². The van der Waals surface area contributed by atoms with E-state index in [0.29, 0.717) is 0 Å². The number of fused-ring (bicyclic) bond motifs is 1. The van der Waals surface area contributed by atoms with E-state index in [1.807, 2.05) is 13.8 Å². The minimum absolute atomic E-state index is 0. The SMILES string of the molecule is C1=CC2CNCC2C=C1.CC.F. The van der Waals surface area contributed by atoms with Crippen molar-refractivity contribution in [2.45, 2.75) is 13.8 Å². The van der Waals surface area contributed by atoms with E-state index in [2.05, 4.69) is 29.6 Å². The summed E-state index contributed by atoms with van der Waals surface area (Å²) in [5.41, 5.74) is 0. The van der Waals surface area contributed by atoms with E-state index in [1.165, 1.54) is 13.1 Å². The number of nitrogens with one attached hydrogen (secondary N) is 1. The number of hydrogen-bond donors (Lipinski definition) is 1. The highest BCUT2D eigenvalue weighted by Crippen LogP contribution is 2.22. The minimum Gasteiger partial charge on any atom is -0.316 e. The van der Waals surface area contributed by atoms with Crippen molar-refractivity contribution in [1.82, 2.24) is 5.32 Å². The molecule has 1 heterocycles. The number of hydrogen-bond acceptors (Lipinski definition) is 1. The number of allylic oxidation sites excluding steroid dienone is 2. The van der Waals surface area contributed by atoms with Crippen molar-refractivity contribution in [3.63, 3.8) is 0 Å². The molecule has 70 valence electrons. The van der Waals surface area contributed by atoms with Crippen molar-refractivity contribution in [1.29, 1.82) is 0 Å². The van der Waals surface area contributed by atoms with Gasteiger partial charge >= 0.3 is 0 Å². The molecule has 1 aliphatic heterocycles. The summed E-state index contributed by atoms with van der Waals surface area (Å²) in [5, 5.41) is 3.36. The smallest absolute Gasteiger partial charge is 0.00207 e. The van der Waals surface area contributed by atoms with Crippen LogP contribution in [0.25, 0.3) is 0 Å². The highest BCUT2D eigenvalue weighted by atomic mass is 19.0. The largest absolute Gasteiger partial charge is 0.316 e. The molecular weight excluding hydrogens is 153 g/mol. The fraction of sp³-hybridized carbons (Fsp3) is 0.600. The summed E-state index contributed by atoms with van der Waals surface area (Å²) in [4.78, 5) is 0. The first-order chi connectivity index (χ1) is 5.47. The standard InChI is InChI=1S/C8H11N.C2H6.FH/c1-2-4-8-6-9-5-7(8)3-1;1-2;/h1-4,7-9H,5-6H2;1-2H3;1H. The topological polar surface area (TPSA) is 12.0 Å². The van der Waals surface area contributed by atoms with Crippen LogP contribution in [0.5, 0.6) is 0 Å². The van der Waals surface area contributed by atoms with Crippen molar-refractivity contribution in [3.8, 4) is 0 Å². The molecule has 0 aromatic heterocycles. The second-order valence-electron chi connectivity index (χ2n) is 2.76. The summed E-state index contributed by atoms with van der Waals surface area (Å²) in [5.74, 6) is 1.57. The minimum atomic E-state index is 0.